The number of carbonyl (C=O) groups excluding carboxylic acids is 2. The van der Waals surface area contributed by atoms with Crippen LogP contribution in [0.2, 0.25) is 0 Å². The summed E-state index contributed by atoms with van der Waals surface area (Å²) >= 11 is 2.32. The normalized spacial score (nSPS) is 11.8. The first kappa shape index (κ1) is 24.7. The van der Waals surface area contributed by atoms with Gasteiger partial charge in [0.25, 0.3) is 0 Å². The van der Waals surface area contributed by atoms with Crippen molar-refractivity contribution in [1.82, 2.24) is 0 Å². The molecule has 1 N–H and O–H groups in total. The van der Waals surface area contributed by atoms with Gasteiger partial charge in [0, 0.05) is 11.3 Å². The van der Waals surface area contributed by atoms with Crippen LogP contribution in [0.3, 0.4) is 0 Å². The first-order chi connectivity index (χ1) is 15.4. The molecule has 2 aromatic heterocycles. The average molecular weight is 457 g/mol. The molecule has 2 aromatic rings. The van der Waals surface area contributed by atoms with Gasteiger partial charge in [-0.3, -0.25) is 9.59 Å². The summed E-state index contributed by atoms with van der Waals surface area (Å²) in [4.78, 5) is 27.1. The number of hydrogen-bond acceptors (Lipinski definition) is 5. The zero-order valence-corrected chi connectivity index (χ0v) is 19.5. The van der Waals surface area contributed by atoms with E-state index in [9.17, 15) is 14.7 Å². The minimum Gasteiger partial charge on any atom is -0.376 e. The first-order valence-electron chi connectivity index (χ1n) is 9.63. The van der Waals surface area contributed by atoms with E-state index in [1.165, 1.54) is 18.3 Å². The molecule has 0 bridgehead atoms. The monoisotopic (exact) mass is 456 g/mol. The molecular formula is C27H20O3S2. The summed E-state index contributed by atoms with van der Waals surface area (Å²) < 4.78 is 0. The Morgan fingerprint density at radius 2 is 1.47 bits per heavy atom. The van der Waals surface area contributed by atoms with E-state index in [4.69, 9.17) is 0 Å². The van der Waals surface area contributed by atoms with Gasteiger partial charge in [-0.1, -0.05) is 24.0 Å². The minimum atomic E-state index is -1.96. The highest BCUT2D eigenvalue weighted by molar-refractivity contribution is 7.15. The van der Waals surface area contributed by atoms with E-state index < -0.39 is 11.4 Å². The molecule has 32 heavy (non-hydrogen) atoms. The Labute approximate surface area is 196 Å². The summed E-state index contributed by atoms with van der Waals surface area (Å²) in [5.41, 5.74) is -1.96. The van der Waals surface area contributed by atoms with Crippen molar-refractivity contribution < 1.29 is 14.7 Å². The topological polar surface area (TPSA) is 54.4 Å². The number of rotatable bonds is 5. The Morgan fingerprint density at radius 1 is 0.906 bits per heavy atom. The zero-order chi connectivity index (χ0) is 23.4. The smallest absolute Gasteiger partial charge is 0.210 e. The lowest BCUT2D eigenvalue weighted by Gasteiger charge is -2.23. The largest absolute Gasteiger partial charge is 0.376 e. The molecule has 158 valence electrons. The molecular weight excluding hydrogens is 436 g/mol. The molecule has 0 radical (unpaired) electrons. The lowest BCUT2D eigenvalue weighted by molar-refractivity contribution is -0.120. The van der Waals surface area contributed by atoms with Crippen LogP contribution >= 0.6 is 22.7 Å². The highest BCUT2D eigenvalue weighted by Gasteiger charge is 2.41. The summed E-state index contributed by atoms with van der Waals surface area (Å²) in [6.45, 7) is 5.07. The highest BCUT2D eigenvalue weighted by atomic mass is 32.1. The maximum Gasteiger partial charge on any atom is 0.210 e. The molecule has 0 aromatic carbocycles. The second-order valence-electron chi connectivity index (χ2n) is 6.43. The molecule has 0 aliphatic carbocycles. The van der Waals surface area contributed by atoms with Gasteiger partial charge in [0.1, 0.15) is 5.78 Å². The van der Waals surface area contributed by atoms with Crippen LogP contribution in [-0.4, -0.2) is 16.7 Å². The van der Waals surface area contributed by atoms with E-state index in [1.54, 1.807) is 36.4 Å². The Kier molecular flexibility index (Phi) is 9.50. The van der Waals surface area contributed by atoms with Gasteiger partial charge in [-0.15, -0.1) is 22.7 Å². The molecule has 0 spiro atoms. The number of hydrogen-bond donors (Lipinski definition) is 1. The third-order valence-electron chi connectivity index (χ3n) is 3.86. The van der Waals surface area contributed by atoms with E-state index in [0.717, 1.165) is 11.3 Å². The second kappa shape index (κ2) is 12.3. The predicted octanol–water partition coefficient (Wildman–Crippen LogP) is 4.72. The lowest BCUT2D eigenvalue weighted by atomic mass is 9.90. The standard InChI is InChI=1S/C27H20O3S2/c1-4-6-8-10-12-14-22-16-18-24(31-22)26(29)27(30,20-21(3)28)25-19-17-23(32-25)15-13-11-9-7-5-2/h4-7,16-19,30H,20H2,1-3H3/b6-4+,7-5+/t27-/m1/s1. The Hall–Kier alpha value is -3.58. The van der Waals surface area contributed by atoms with Crippen LogP contribution in [-0.2, 0) is 10.4 Å². The van der Waals surface area contributed by atoms with Crippen molar-refractivity contribution in [1.29, 1.82) is 0 Å². The van der Waals surface area contributed by atoms with Crippen molar-refractivity contribution in [3.05, 3.63) is 68.1 Å². The Bertz CT molecular complexity index is 1310. The molecule has 0 fully saturated rings. The van der Waals surface area contributed by atoms with Crippen molar-refractivity contribution in [3.8, 4) is 47.4 Å². The lowest BCUT2D eigenvalue weighted by Crippen LogP contribution is -2.36. The third kappa shape index (κ3) is 6.99. The number of allylic oxidation sites excluding steroid dienone is 4. The second-order valence-corrected chi connectivity index (χ2v) is 8.60. The first-order valence-corrected chi connectivity index (χ1v) is 11.3. The molecule has 0 aliphatic rings. The van der Waals surface area contributed by atoms with Gasteiger partial charge in [0.2, 0.25) is 5.78 Å². The van der Waals surface area contributed by atoms with Crippen LogP contribution in [0, 0.1) is 47.4 Å². The van der Waals surface area contributed by atoms with Crippen LogP contribution in [0.1, 0.15) is 51.5 Å². The SMILES string of the molecule is C/C=C/C#CC#Cc1ccc(C(=O)[C@@](O)(CC(C)=O)c2ccc(C#CC#C/C=C/C)s2)s1. The van der Waals surface area contributed by atoms with Crippen LogP contribution in [0.4, 0.5) is 0 Å². The van der Waals surface area contributed by atoms with Crippen LogP contribution < -0.4 is 0 Å². The molecule has 2 heterocycles. The molecule has 0 amide bonds. The molecule has 2 rings (SSSR count). The van der Waals surface area contributed by atoms with Gasteiger partial charge >= 0.3 is 0 Å². The van der Waals surface area contributed by atoms with Gasteiger partial charge in [0.05, 0.1) is 14.6 Å². The van der Waals surface area contributed by atoms with E-state index in [2.05, 4.69) is 47.4 Å². The van der Waals surface area contributed by atoms with E-state index in [0.29, 0.717) is 19.5 Å². The fraction of sp³-hybridized carbons (Fsp3) is 0.185. The molecule has 5 heteroatoms. The predicted molar refractivity (Wildman–Crippen MR) is 131 cm³/mol. The maximum atomic E-state index is 13.2. The van der Waals surface area contributed by atoms with E-state index >= 15 is 0 Å². The van der Waals surface area contributed by atoms with Gasteiger partial charge in [-0.05, 0) is 92.7 Å². The third-order valence-corrected chi connectivity index (χ3v) is 6.02. The summed E-state index contributed by atoms with van der Waals surface area (Å²) in [7, 11) is 0. The van der Waals surface area contributed by atoms with Gasteiger partial charge in [0.15, 0.2) is 5.60 Å². The molecule has 0 unspecified atom stereocenters. The van der Waals surface area contributed by atoms with Crippen molar-refractivity contribution in [3.63, 3.8) is 0 Å². The van der Waals surface area contributed by atoms with Crippen molar-refractivity contribution in [2.24, 2.45) is 0 Å². The molecule has 3 nitrogen and oxygen atoms in total. The van der Waals surface area contributed by atoms with Crippen molar-refractivity contribution >= 4 is 34.2 Å². The number of thiophene rings is 2. The van der Waals surface area contributed by atoms with Crippen LogP contribution in [0.15, 0.2) is 48.6 Å². The van der Waals surface area contributed by atoms with Crippen LogP contribution in [0.5, 0.6) is 0 Å². The van der Waals surface area contributed by atoms with Crippen LogP contribution in [0.25, 0.3) is 0 Å². The van der Waals surface area contributed by atoms with E-state index in [1.807, 2.05) is 26.0 Å². The van der Waals surface area contributed by atoms with Crippen molar-refractivity contribution in [2.45, 2.75) is 32.8 Å². The summed E-state index contributed by atoms with van der Waals surface area (Å²) in [6.07, 6.45) is 6.67. The average Bonchev–Trinajstić information content (AvgIpc) is 3.42. The highest BCUT2D eigenvalue weighted by Crippen LogP contribution is 2.36. The van der Waals surface area contributed by atoms with Crippen molar-refractivity contribution in [2.75, 3.05) is 0 Å². The fourth-order valence-corrected chi connectivity index (χ4v) is 4.32. The van der Waals surface area contributed by atoms with Gasteiger partial charge < -0.3 is 5.11 Å². The summed E-state index contributed by atoms with van der Waals surface area (Å²) in [5.74, 6) is 21.3. The molecule has 0 saturated carbocycles. The number of carbonyl (C=O) groups is 2. The summed E-state index contributed by atoms with van der Waals surface area (Å²) in [6, 6.07) is 6.63. The number of aliphatic hydroxyl groups is 1. The minimum absolute atomic E-state index is 0.296. The zero-order valence-electron chi connectivity index (χ0n) is 17.9. The maximum absolute atomic E-state index is 13.2. The molecule has 1 atom stereocenters. The number of ketones is 2. The number of Topliss-reactive ketones (excluding diaryl/α,β-unsaturated/α-hetero) is 2. The molecule has 0 aliphatic heterocycles. The fourth-order valence-electron chi connectivity index (χ4n) is 2.51. The molecule has 0 saturated heterocycles. The Balaban J connectivity index is 2.34. The Morgan fingerprint density at radius 3 is 2.03 bits per heavy atom. The van der Waals surface area contributed by atoms with Gasteiger partial charge in [-0.25, -0.2) is 0 Å². The van der Waals surface area contributed by atoms with Gasteiger partial charge in [-0.2, -0.15) is 0 Å². The quantitative estimate of drug-likeness (QED) is 0.523. The van der Waals surface area contributed by atoms with E-state index in [-0.39, 0.29) is 12.2 Å². The summed E-state index contributed by atoms with van der Waals surface area (Å²) in [5, 5.41) is 11.3.